The lowest BCUT2D eigenvalue weighted by Crippen LogP contribution is -2.42. The Morgan fingerprint density at radius 3 is 1.62 bits per heavy atom. The molecule has 0 aromatic heterocycles. The molecule has 1 aromatic carbocycles. The zero-order valence-corrected chi connectivity index (χ0v) is 17.4. The summed E-state index contributed by atoms with van der Waals surface area (Å²) >= 11 is 0. The van der Waals surface area contributed by atoms with Gasteiger partial charge in [-0.15, -0.1) is 0 Å². The van der Waals surface area contributed by atoms with E-state index in [2.05, 4.69) is 5.09 Å². The molecular formula is C19H33FN3O2P. The largest absolute Gasteiger partial charge is 0.311 e. The average molecular weight is 385 g/mol. The predicted octanol–water partition coefficient (Wildman–Crippen LogP) is 4.91. The fraction of sp³-hybridized carbons (Fsp3) is 0.632. The molecule has 1 amide bonds. The third-order valence-electron chi connectivity index (χ3n) is 4.05. The van der Waals surface area contributed by atoms with Crippen molar-refractivity contribution >= 4 is 13.5 Å². The number of benzene rings is 1. The van der Waals surface area contributed by atoms with Gasteiger partial charge < -0.3 is 0 Å². The quantitative estimate of drug-likeness (QED) is 0.520. The highest BCUT2D eigenvalue weighted by Crippen LogP contribution is 2.50. The van der Waals surface area contributed by atoms with Crippen molar-refractivity contribution in [2.24, 2.45) is 0 Å². The molecule has 0 atom stereocenters. The maximum absolute atomic E-state index is 14.1. The summed E-state index contributed by atoms with van der Waals surface area (Å²) < 4.78 is 31.0. The summed E-state index contributed by atoms with van der Waals surface area (Å²) in [5, 5.41) is 2.81. The van der Waals surface area contributed by atoms with Gasteiger partial charge >= 0.3 is 7.59 Å². The monoisotopic (exact) mass is 385 g/mol. The van der Waals surface area contributed by atoms with Crippen LogP contribution in [0.3, 0.4) is 0 Å². The molecule has 1 rings (SSSR count). The minimum Gasteiger partial charge on any atom is -0.279 e. The number of hydrogen-bond donors (Lipinski definition) is 1. The molecule has 0 saturated heterocycles. The molecule has 0 aliphatic heterocycles. The van der Waals surface area contributed by atoms with E-state index in [1.54, 1.807) is 0 Å². The Hall–Kier alpha value is -1.23. The van der Waals surface area contributed by atoms with E-state index in [4.69, 9.17) is 0 Å². The second-order valence-corrected chi connectivity index (χ2v) is 8.84. The van der Waals surface area contributed by atoms with Crippen LogP contribution >= 0.6 is 7.59 Å². The van der Waals surface area contributed by atoms with Gasteiger partial charge in [0.1, 0.15) is 5.82 Å². The molecule has 0 bridgehead atoms. The molecule has 148 valence electrons. The third kappa shape index (κ3) is 6.19. The predicted molar refractivity (Wildman–Crippen MR) is 106 cm³/mol. The van der Waals surface area contributed by atoms with E-state index < -0.39 is 19.3 Å². The van der Waals surface area contributed by atoms with Crippen molar-refractivity contribution in [2.75, 3.05) is 26.2 Å². The van der Waals surface area contributed by atoms with Gasteiger partial charge in [-0.2, -0.15) is 0 Å². The topological polar surface area (TPSA) is 52.7 Å². The minimum absolute atomic E-state index is 0.313. The molecule has 0 heterocycles. The lowest BCUT2D eigenvalue weighted by Gasteiger charge is -2.39. The van der Waals surface area contributed by atoms with Crippen molar-refractivity contribution in [3.63, 3.8) is 0 Å². The first-order valence-electron chi connectivity index (χ1n) is 9.61. The minimum atomic E-state index is -3.27. The van der Waals surface area contributed by atoms with Crippen LogP contribution < -0.4 is 5.09 Å². The van der Waals surface area contributed by atoms with Gasteiger partial charge in [-0.25, -0.2) is 13.7 Å². The van der Waals surface area contributed by atoms with Crippen molar-refractivity contribution in [3.8, 4) is 0 Å². The first-order valence-corrected chi connectivity index (χ1v) is 11.2. The van der Waals surface area contributed by atoms with Crippen LogP contribution in [0.1, 0.15) is 63.7 Å². The van der Waals surface area contributed by atoms with Crippen LogP contribution in [0.4, 0.5) is 4.39 Å². The summed E-state index contributed by atoms with van der Waals surface area (Å²) in [7, 11) is -3.27. The summed E-state index contributed by atoms with van der Waals surface area (Å²) in [4.78, 5) is 12.7. The Labute approximate surface area is 157 Å². The van der Waals surface area contributed by atoms with Gasteiger partial charge in [0.05, 0.1) is 0 Å². The molecule has 5 nitrogen and oxygen atoms in total. The number of rotatable bonds is 12. The molecule has 0 saturated carbocycles. The molecule has 0 spiro atoms. The smallest absolute Gasteiger partial charge is 0.279 e. The Bertz CT molecular complexity index is 563. The molecule has 0 aliphatic rings. The van der Waals surface area contributed by atoms with Crippen molar-refractivity contribution in [3.05, 3.63) is 35.6 Å². The van der Waals surface area contributed by atoms with Crippen LogP contribution in [0.5, 0.6) is 0 Å². The van der Waals surface area contributed by atoms with Crippen molar-refractivity contribution in [2.45, 2.75) is 53.4 Å². The van der Waals surface area contributed by atoms with Crippen molar-refractivity contribution < 1.29 is 13.8 Å². The zero-order chi connectivity index (χ0) is 19.6. The number of carbonyl (C=O) groups excluding carboxylic acids is 1. The zero-order valence-electron chi connectivity index (χ0n) is 16.5. The van der Waals surface area contributed by atoms with Gasteiger partial charge in [-0.05, 0) is 49.9 Å². The number of carbonyl (C=O) groups is 1. The Balaban J connectivity index is 3.21. The van der Waals surface area contributed by atoms with E-state index in [9.17, 15) is 13.8 Å². The van der Waals surface area contributed by atoms with E-state index in [1.807, 2.05) is 37.0 Å². The summed E-state index contributed by atoms with van der Waals surface area (Å²) in [6.45, 7) is 10.8. The van der Waals surface area contributed by atoms with E-state index in [-0.39, 0.29) is 0 Å². The number of hydrogen-bond acceptors (Lipinski definition) is 2. The molecule has 1 N–H and O–H groups in total. The van der Waals surface area contributed by atoms with E-state index in [1.165, 1.54) is 24.3 Å². The van der Waals surface area contributed by atoms with Crippen LogP contribution in [-0.4, -0.2) is 41.4 Å². The molecule has 7 heteroatoms. The van der Waals surface area contributed by atoms with Gasteiger partial charge in [0, 0.05) is 31.7 Å². The Morgan fingerprint density at radius 2 is 1.27 bits per heavy atom. The van der Waals surface area contributed by atoms with Crippen molar-refractivity contribution in [1.82, 2.24) is 14.4 Å². The van der Waals surface area contributed by atoms with Crippen LogP contribution in [0, 0.1) is 5.82 Å². The Morgan fingerprint density at radius 1 is 0.885 bits per heavy atom. The number of nitrogens with one attached hydrogen (secondary N) is 1. The standard InChI is InChI=1S/C19H33FN3O2P/c1-5-13-22(14-6-2)26(25,23(15-7-3)16-8-4)21-19(24)17-9-11-18(20)12-10-17/h9-12H,5-8,13-16H2,1-4H3,(H,21,24,25). The maximum Gasteiger partial charge on any atom is 0.311 e. The van der Waals surface area contributed by atoms with Crippen molar-refractivity contribution in [1.29, 1.82) is 0 Å². The number of amides is 1. The molecule has 0 aliphatic carbocycles. The van der Waals surface area contributed by atoms with Gasteiger partial charge in [-0.1, -0.05) is 27.7 Å². The second-order valence-electron chi connectivity index (χ2n) is 6.40. The van der Waals surface area contributed by atoms with E-state index in [0.29, 0.717) is 31.7 Å². The van der Waals surface area contributed by atoms with Gasteiger partial charge in [0.25, 0.3) is 5.91 Å². The van der Waals surface area contributed by atoms with E-state index >= 15 is 0 Å². The lowest BCUT2D eigenvalue weighted by atomic mass is 10.2. The molecular weight excluding hydrogens is 352 g/mol. The number of nitrogens with zero attached hydrogens (tertiary/aromatic N) is 2. The SMILES string of the molecule is CCCN(CCC)P(=O)(NC(=O)c1ccc(F)cc1)N(CCC)CCC. The van der Waals surface area contributed by atoms with E-state index in [0.717, 1.165) is 25.7 Å². The molecule has 26 heavy (non-hydrogen) atoms. The molecule has 1 aromatic rings. The average Bonchev–Trinajstić information content (AvgIpc) is 2.61. The highest BCUT2D eigenvalue weighted by Gasteiger charge is 2.37. The molecule has 0 fully saturated rings. The molecule has 0 radical (unpaired) electrons. The summed E-state index contributed by atoms with van der Waals surface area (Å²) in [6, 6.07) is 5.32. The fourth-order valence-electron chi connectivity index (χ4n) is 2.92. The summed E-state index contributed by atoms with van der Waals surface area (Å²) in [5.74, 6) is -0.829. The summed E-state index contributed by atoms with van der Waals surface area (Å²) in [5.41, 5.74) is 0.313. The van der Waals surface area contributed by atoms with Gasteiger partial charge in [-0.3, -0.25) is 14.4 Å². The lowest BCUT2D eigenvalue weighted by molar-refractivity contribution is 0.0973. The second kappa shape index (κ2) is 11.5. The van der Waals surface area contributed by atoms with Gasteiger partial charge in [0.2, 0.25) is 0 Å². The maximum atomic E-state index is 14.1. The molecule has 0 unspecified atom stereocenters. The van der Waals surface area contributed by atoms with Crippen LogP contribution in [0.2, 0.25) is 0 Å². The first-order chi connectivity index (χ1) is 12.4. The third-order valence-corrected chi connectivity index (χ3v) is 6.88. The van der Waals surface area contributed by atoms with Crippen LogP contribution in [0.15, 0.2) is 24.3 Å². The van der Waals surface area contributed by atoms with Crippen LogP contribution in [0.25, 0.3) is 0 Å². The first kappa shape index (κ1) is 22.8. The number of halogens is 1. The van der Waals surface area contributed by atoms with Crippen LogP contribution in [-0.2, 0) is 4.57 Å². The highest BCUT2D eigenvalue weighted by molar-refractivity contribution is 7.57. The summed E-state index contributed by atoms with van der Waals surface area (Å²) in [6.07, 6.45) is 3.40. The van der Waals surface area contributed by atoms with Gasteiger partial charge in [0.15, 0.2) is 0 Å². The normalized spacial score (nSPS) is 12.0. The highest BCUT2D eigenvalue weighted by atomic mass is 31.2. The Kier molecular flexibility index (Phi) is 10.1. The fourth-order valence-corrected chi connectivity index (χ4v) is 5.84.